The van der Waals surface area contributed by atoms with Gasteiger partial charge < -0.3 is 26.1 Å². The van der Waals surface area contributed by atoms with Crippen LogP contribution in [0, 0.1) is 18.7 Å². The summed E-state index contributed by atoms with van der Waals surface area (Å²) in [6, 6.07) is 4.49. The molecule has 0 saturated carbocycles. The molecule has 5 N–H and O–H groups in total. The molecule has 0 spiro atoms. The minimum absolute atomic E-state index is 0. The fourth-order valence-corrected chi connectivity index (χ4v) is 2.30. The third-order valence-corrected chi connectivity index (χ3v) is 4.05. The van der Waals surface area contributed by atoms with E-state index in [1.807, 2.05) is 0 Å². The van der Waals surface area contributed by atoms with E-state index in [-0.39, 0.29) is 41.8 Å². The number of anilines is 2. The highest BCUT2D eigenvalue weighted by Crippen LogP contribution is 2.21. The predicted molar refractivity (Wildman–Crippen MR) is 109 cm³/mol. The Morgan fingerprint density at radius 1 is 1.17 bits per heavy atom. The molecule has 10 heteroatoms. The van der Waals surface area contributed by atoms with Crippen molar-refractivity contribution in [2.75, 3.05) is 17.2 Å². The molecule has 2 aromatic rings. The molecule has 0 aliphatic rings. The van der Waals surface area contributed by atoms with Crippen molar-refractivity contribution >= 4 is 41.5 Å². The Kier molecular flexibility index (Phi) is 8.81. The predicted octanol–water partition coefficient (Wildman–Crippen LogP) is 2.44. The molecule has 0 fully saturated rings. The number of amides is 3. The number of nitrogens with one attached hydrogen (secondary N) is 3. The topological polar surface area (TPSA) is 126 Å². The fraction of sp³-hybridized carbons (Fsp3) is 0.316. The lowest BCUT2D eigenvalue weighted by Crippen LogP contribution is -2.46. The van der Waals surface area contributed by atoms with Crippen LogP contribution in [0.1, 0.15) is 30.0 Å². The summed E-state index contributed by atoms with van der Waals surface area (Å²) in [6.07, 6.45) is 1.36. The molecular formula is C19H24ClFN4O4. The molecule has 0 unspecified atom stereocenters. The Morgan fingerprint density at radius 3 is 2.45 bits per heavy atom. The number of aryl methyl sites for hydroxylation is 1. The van der Waals surface area contributed by atoms with Gasteiger partial charge in [-0.1, -0.05) is 13.8 Å². The quantitative estimate of drug-likeness (QED) is 0.541. The molecule has 0 radical (unpaired) electrons. The molecule has 0 bridgehead atoms. The molecule has 1 heterocycles. The maximum absolute atomic E-state index is 14.0. The molecule has 1 atom stereocenters. The molecule has 0 aliphatic heterocycles. The van der Waals surface area contributed by atoms with Gasteiger partial charge in [0, 0.05) is 5.69 Å². The van der Waals surface area contributed by atoms with Crippen molar-refractivity contribution in [1.29, 1.82) is 0 Å². The van der Waals surface area contributed by atoms with Crippen LogP contribution in [0.2, 0.25) is 0 Å². The van der Waals surface area contributed by atoms with Crippen LogP contribution in [-0.4, -0.2) is 30.3 Å². The maximum Gasteiger partial charge on any atom is 0.259 e. The lowest BCUT2D eigenvalue weighted by molar-refractivity contribution is -0.125. The molecule has 1 aromatic carbocycles. The highest BCUT2D eigenvalue weighted by molar-refractivity contribution is 6.05. The molecule has 1 aromatic heterocycles. The fourth-order valence-electron chi connectivity index (χ4n) is 2.30. The summed E-state index contributed by atoms with van der Waals surface area (Å²) in [5.74, 6) is -1.82. The van der Waals surface area contributed by atoms with E-state index in [1.165, 1.54) is 24.5 Å². The average Bonchev–Trinajstić information content (AvgIpc) is 3.07. The molecule has 0 saturated heterocycles. The van der Waals surface area contributed by atoms with Crippen LogP contribution >= 0.6 is 12.4 Å². The standard InChI is InChI=1S/C19H23FN4O4.ClH/c1-10(2)17(21)19(27)22-9-16(25)23-12-4-5-14(20)15(8-12)24-18(26)13-6-7-28-11(13)3;/h4-8,10,17H,9,21H2,1-3H3,(H,22,27)(H,23,25)(H,24,26);1H/t17-;/m0./s1. The van der Waals surface area contributed by atoms with Crippen LogP contribution in [-0.2, 0) is 9.59 Å². The maximum atomic E-state index is 14.0. The number of nitrogens with two attached hydrogens (primary N) is 1. The molecule has 0 aliphatic carbocycles. The Morgan fingerprint density at radius 2 is 1.86 bits per heavy atom. The molecule has 158 valence electrons. The molecule has 3 amide bonds. The number of halogens is 2. The Balaban J connectivity index is 0.00000420. The zero-order valence-electron chi connectivity index (χ0n) is 16.2. The van der Waals surface area contributed by atoms with Gasteiger partial charge in [0.15, 0.2) is 0 Å². The summed E-state index contributed by atoms with van der Waals surface area (Å²) >= 11 is 0. The number of rotatable bonds is 7. The summed E-state index contributed by atoms with van der Waals surface area (Å²) in [7, 11) is 0. The average molecular weight is 427 g/mol. The monoisotopic (exact) mass is 426 g/mol. The summed E-state index contributed by atoms with van der Waals surface area (Å²) in [5, 5.41) is 7.39. The van der Waals surface area contributed by atoms with Crippen LogP contribution in [0.15, 0.2) is 34.9 Å². The number of benzene rings is 1. The molecule has 29 heavy (non-hydrogen) atoms. The van der Waals surface area contributed by atoms with Crippen molar-refractivity contribution in [2.45, 2.75) is 26.8 Å². The summed E-state index contributed by atoms with van der Waals surface area (Å²) in [5.41, 5.74) is 6.13. The Hall–Kier alpha value is -2.91. The van der Waals surface area contributed by atoms with Gasteiger partial charge in [0.2, 0.25) is 11.8 Å². The van der Waals surface area contributed by atoms with E-state index in [4.69, 9.17) is 10.2 Å². The summed E-state index contributed by atoms with van der Waals surface area (Å²) < 4.78 is 19.1. The minimum atomic E-state index is -0.716. The third kappa shape index (κ3) is 6.58. The van der Waals surface area contributed by atoms with Crippen molar-refractivity contribution in [3.63, 3.8) is 0 Å². The Bertz CT molecular complexity index is 885. The first-order valence-corrected chi connectivity index (χ1v) is 8.67. The normalized spacial score (nSPS) is 11.4. The van der Waals surface area contributed by atoms with Gasteiger partial charge in [0.25, 0.3) is 5.91 Å². The van der Waals surface area contributed by atoms with Gasteiger partial charge in [0.05, 0.1) is 30.1 Å². The van der Waals surface area contributed by atoms with Gasteiger partial charge in [-0.2, -0.15) is 0 Å². The zero-order valence-corrected chi connectivity index (χ0v) is 17.1. The van der Waals surface area contributed by atoms with Crippen LogP contribution in [0.25, 0.3) is 0 Å². The van der Waals surface area contributed by atoms with Crippen molar-refractivity contribution in [1.82, 2.24) is 5.32 Å². The first-order valence-electron chi connectivity index (χ1n) is 8.67. The van der Waals surface area contributed by atoms with Crippen LogP contribution in [0.4, 0.5) is 15.8 Å². The lowest BCUT2D eigenvalue weighted by Gasteiger charge is -2.15. The van der Waals surface area contributed by atoms with Crippen molar-refractivity contribution < 1.29 is 23.2 Å². The molecule has 2 rings (SSSR count). The summed E-state index contributed by atoms with van der Waals surface area (Å²) in [4.78, 5) is 36.0. The largest absolute Gasteiger partial charge is 0.469 e. The SMILES string of the molecule is Cc1occc1C(=O)Nc1cc(NC(=O)CNC(=O)[C@@H](N)C(C)C)ccc1F.Cl. The summed E-state index contributed by atoms with van der Waals surface area (Å²) in [6.45, 7) is 4.92. The Labute approximate surface area is 173 Å². The van der Waals surface area contributed by atoms with E-state index < -0.39 is 29.6 Å². The highest BCUT2D eigenvalue weighted by atomic mass is 35.5. The van der Waals surface area contributed by atoms with Crippen LogP contribution in [0.3, 0.4) is 0 Å². The zero-order chi connectivity index (χ0) is 20.8. The van der Waals surface area contributed by atoms with E-state index in [2.05, 4.69) is 16.0 Å². The lowest BCUT2D eigenvalue weighted by atomic mass is 10.1. The van der Waals surface area contributed by atoms with Gasteiger partial charge >= 0.3 is 0 Å². The van der Waals surface area contributed by atoms with E-state index in [1.54, 1.807) is 20.8 Å². The van der Waals surface area contributed by atoms with E-state index in [9.17, 15) is 18.8 Å². The first kappa shape index (κ1) is 24.1. The molecular weight excluding hydrogens is 403 g/mol. The third-order valence-electron chi connectivity index (χ3n) is 4.05. The van der Waals surface area contributed by atoms with Crippen molar-refractivity contribution in [3.05, 3.63) is 47.7 Å². The number of hydrogen-bond donors (Lipinski definition) is 4. The number of carbonyl (C=O) groups is 3. The second-order valence-corrected chi connectivity index (χ2v) is 6.57. The van der Waals surface area contributed by atoms with E-state index in [0.29, 0.717) is 5.76 Å². The van der Waals surface area contributed by atoms with Gasteiger partial charge in [-0.05, 0) is 37.1 Å². The molecule has 8 nitrogen and oxygen atoms in total. The van der Waals surface area contributed by atoms with Crippen molar-refractivity contribution in [2.24, 2.45) is 11.7 Å². The highest BCUT2D eigenvalue weighted by Gasteiger charge is 2.18. The van der Waals surface area contributed by atoms with Gasteiger partial charge in [-0.3, -0.25) is 14.4 Å². The number of hydrogen-bond acceptors (Lipinski definition) is 5. The van der Waals surface area contributed by atoms with Crippen molar-refractivity contribution in [3.8, 4) is 0 Å². The first-order chi connectivity index (χ1) is 13.2. The second-order valence-electron chi connectivity index (χ2n) is 6.57. The van der Waals surface area contributed by atoms with Gasteiger partial charge in [0.1, 0.15) is 11.6 Å². The van der Waals surface area contributed by atoms with E-state index in [0.717, 1.165) is 6.07 Å². The smallest absolute Gasteiger partial charge is 0.259 e. The van der Waals surface area contributed by atoms with Gasteiger partial charge in [-0.25, -0.2) is 4.39 Å². The minimum Gasteiger partial charge on any atom is -0.469 e. The number of carbonyl (C=O) groups excluding carboxylic acids is 3. The number of furan rings is 1. The second kappa shape index (κ2) is 10.6. The van der Waals surface area contributed by atoms with E-state index >= 15 is 0 Å². The van der Waals surface area contributed by atoms with Crippen LogP contribution < -0.4 is 21.7 Å². The van der Waals surface area contributed by atoms with Crippen LogP contribution in [0.5, 0.6) is 0 Å². The van der Waals surface area contributed by atoms with Gasteiger partial charge in [-0.15, -0.1) is 12.4 Å².